The van der Waals surface area contributed by atoms with Crippen molar-refractivity contribution >= 4 is 17.5 Å². The Morgan fingerprint density at radius 3 is 2.51 bits per heavy atom. The normalized spacial score (nSPS) is 18.4. The molecule has 10 heteroatoms. The molecule has 4 heterocycles. The number of anilines is 2. The molecule has 1 fully saturated rings. The van der Waals surface area contributed by atoms with Crippen LogP contribution in [0.5, 0.6) is 0 Å². The van der Waals surface area contributed by atoms with Gasteiger partial charge in [0.05, 0.1) is 36.0 Å². The van der Waals surface area contributed by atoms with Crippen LogP contribution in [0.2, 0.25) is 0 Å². The monoisotopic (exact) mass is 473 g/mol. The second-order valence-corrected chi connectivity index (χ2v) is 9.66. The first-order valence-electron chi connectivity index (χ1n) is 12.5. The number of hydrogen-bond donors (Lipinski definition) is 2. The third kappa shape index (κ3) is 4.84. The van der Waals surface area contributed by atoms with E-state index in [0.29, 0.717) is 25.0 Å². The molecular weight excluding hydrogens is 442 g/mol. The quantitative estimate of drug-likeness (QED) is 0.551. The molecule has 35 heavy (non-hydrogen) atoms. The number of carbonyl (C=O) groups is 1. The summed E-state index contributed by atoms with van der Waals surface area (Å²) in [6.45, 7) is 5.80. The van der Waals surface area contributed by atoms with E-state index < -0.39 is 0 Å². The van der Waals surface area contributed by atoms with Gasteiger partial charge in [0.25, 0.3) is 0 Å². The Balaban J connectivity index is 0.944. The first-order valence-corrected chi connectivity index (χ1v) is 12.5. The number of amides is 1. The number of rotatable bonds is 6. The number of aromatic nitrogens is 5. The summed E-state index contributed by atoms with van der Waals surface area (Å²) in [6, 6.07) is 8.97. The highest BCUT2D eigenvalue weighted by Gasteiger charge is 2.25. The van der Waals surface area contributed by atoms with Crippen LogP contribution in [-0.2, 0) is 30.6 Å². The van der Waals surface area contributed by atoms with Crippen molar-refractivity contribution in [3.8, 4) is 0 Å². The topological polar surface area (TPSA) is 106 Å². The van der Waals surface area contributed by atoms with Gasteiger partial charge in [0, 0.05) is 58.2 Å². The summed E-state index contributed by atoms with van der Waals surface area (Å²) < 4.78 is 0. The second-order valence-electron chi connectivity index (χ2n) is 9.66. The summed E-state index contributed by atoms with van der Waals surface area (Å²) in [7, 11) is 0. The molecule has 1 aromatic carbocycles. The van der Waals surface area contributed by atoms with Gasteiger partial charge in [-0.15, -0.1) is 5.10 Å². The molecule has 0 unspecified atom stereocenters. The van der Waals surface area contributed by atoms with Gasteiger partial charge in [-0.25, -0.2) is 9.97 Å². The van der Waals surface area contributed by atoms with E-state index in [-0.39, 0.29) is 5.91 Å². The Kier molecular flexibility index (Phi) is 6.03. The van der Waals surface area contributed by atoms with E-state index in [1.54, 1.807) is 0 Å². The number of piperazine rings is 1. The minimum absolute atomic E-state index is 0.203. The van der Waals surface area contributed by atoms with E-state index >= 15 is 0 Å². The van der Waals surface area contributed by atoms with Crippen molar-refractivity contribution in [2.75, 3.05) is 49.5 Å². The van der Waals surface area contributed by atoms with Gasteiger partial charge in [-0.2, -0.15) is 0 Å². The van der Waals surface area contributed by atoms with Gasteiger partial charge in [0.1, 0.15) is 0 Å². The molecule has 0 atom stereocenters. The molecule has 1 amide bonds. The molecule has 3 aliphatic rings. The first kappa shape index (κ1) is 22.0. The molecule has 2 aromatic heterocycles. The summed E-state index contributed by atoms with van der Waals surface area (Å²) in [5.41, 5.74) is 5.85. The number of H-pyrrole nitrogens is 1. The van der Waals surface area contributed by atoms with Crippen LogP contribution in [0.1, 0.15) is 28.9 Å². The van der Waals surface area contributed by atoms with E-state index in [1.165, 1.54) is 11.1 Å². The van der Waals surface area contributed by atoms with Gasteiger partial charge in [-0.05, 0) is 24.0 Å². The predicted molar refractivity (Wildman–Crippen MR) is 132 cm³/mol. The average Bonchev–Trinajstić information content (AvgIpc) is 3.54. The smallest absolute Gasteiger partial charge is 0.224 e. The van der Waals surface area contributed by atoms with E-state index in [4.69, 9.17) is 0 Å². The summed E-state index contributed by atoms with van der Waals surface area (Å²) in [5, 5.41) is 14.3. The fraction of sp³-hybridized carbons (Fsp3) is 0.480. The summed E-state index contributed by atoms with van der Waals surface area (Å²) in [4.78, 5) is 28.5. The number of nitrogens with one attached hydrogen (secondary N) is 2. The van der Waals surface area contributed by atoms with Crippen molar-refractivity contribution in [3.05, 3.63) is 59.2 Å². The number of aromatic amines is 1. The predicted octanol–water partition coefficient (Wildman–Crippen LogP) is 1.27. The lowest BCUT2D eigenvalue weighted by molar-refractivity contribution is -0.132. The fourth-order valence-corrected chi connectivity index (χ4v) is 5.37. The zero-order valence-corrected chi connectivity index (χ0v) is 19.9. The Morgan fingerprint density at radius 1 is 1.03 bits per heavy atom. The van der Waals surface area contributed by atoms with Crippen LogP contribution in [0, 0.1) is 0 Å². The van der Waals surface area contributed by atoms with Gasteiger partial charge < -0.3 is 15.1 Å². The first-order chi connectivity index (χ1) is 17.2. The van der Waals surface area contributed by atoms with Crippen LogP contribution >= 0.6 is 0 Å². The number of nitrogens with zero attached hydrogens (tertiary/aromatic N) is 7. The van der Waals surface area contributed by atoms with Crippen LogP contribution < -0.4 is 10.2 Å². The van der Waals surface area contributed by atoms with Gasteiger partial charge >= 0.3 is 0 Å². The lowest BCUT2D eigenvalue weighted by atomic mass is 10.1. The standard InChI is InChI=1S/C25H31N9O/c35-24(34-8-5-22-23(17-34)30-31-29-22)6-7-32-9-11-33(12-10-32)21-15-26-25(27-16-21)28-20-13-18-3-1-2-4-19(18)14-20/h1-4,15-16,20H,5-14,17H2,(H,26,27,28)(H,29,30,31). The van der Waals surface area contributed by atoms with Crippen molar-refractivity contribution in [3.63, 3.8) is 0 Å². The Bertz CT molecular complexity index is 1140. The van der Waals surface area contributed by atoms with Gasteiger partial charge in [0.15, 0.2) is 0 Å². The Hall–Kier alpha value is -3.53. The third-order valence-electron chi connectivity index (χ3n) is 7.43. The van der Waals surface area contributed by atoms with Crippen molar-refractivity contribution in [2.45, 2.75) is 38.3 Å². The van der Waals surface area contributed by atoms with E-state index in [2.05, 4.69) is 64.8 Å². The Morgan fingerprint density at radius 2 is 1.77 bits per heavy atom. The van der Waals surface area contributed by atoms with Crippen molar-refractivity contribution < 1.29 is 4.79 Å². The zero-order chi connectivity index (χ0) is 23.6. The number of carbonyl (C=O) groups excluding carboxylic acids is 1. The van der Waals surface area contributed by atoms with Crippen LogP contribution in [0.3, 0.4) is 0 Å². The average molecular weight is 474 g/mol. The van der Waals surface area contributed by atoms with E-state index in [1.807, 2.05) is 17.3 Å². The molecular formula is C25H31N9O. The highest BCUT2D eigenvalue weighted by atomic mass is 16.2. The van der Waals surface area contributed by atoms with Crippen LogP contribution in [0.25, 0.3) is 0 Å². The summed E-state index contributed by atoms with van der Waals surface area (Å²) in [6.07, 6.45) is 7.21. The Labute approximate surface area is 204 Å². The molecule has 6 rings (SSSR count). The third-order valence-corrected chi connectivity index (χ3v) is 7.43. The SMILES string of the molecule is O=C(CCN1CCN(c2cnc(NC3Cc4ccccc4C3)nc2)CC1)N1CCc2nn[nH]c2C1. The lowest BCUT2D eigenvalue weighted by Crippen LogP contribution is -2.47. The minimum atomic E-state index is 0.203. The number of hydrogen-bond acceptors (Lipinski definition) is 8. The van der Waals surface area contributed by atoms with E-state index in [9.17, 15) is 4.79 Å². The molecule has 2 N–H and O–H groups in total. The molecule has 0 radical (unpaired) electrons. The highest BCUT2D eigenvalue weighted by molar-refractivity contribution is 5.76. The van der Waals surface area contributed by atoms with Crippen LogP contribution in [0.4, 0.5) is 11.6 Å². The van der Waals surface area contributed by atoms with Crippen LogP contribution in [0.15, 0.2) is 36.7 Å². The minimum Gasteiger partial charge on any atom is -0.366 e. The molecule has 1 saturated heterocycles. The largest absolute Gasteiger partial charge is 0.366 e. The number of benzene rings is 1. The van der Waals surface area contributed by atoms with Gasteiger partial charge in [0.2, 0.25) is 11.9 Å². The maximum Gasteiger partial charge on any atom is 0.224 e. The van der Waals surface area contributed by atoms with Crippen molar-refractivity contribution in [2.24, 2.45) is 0 Å². The summed E-state index contributed by atoms with van der Waals surface area (Å²) in [5.74, 6) is 0.897. The van der Waals surface area contributed by atoms with Crippen molar-refractivity contribution in [1.29, 1.82) is 0 Å². The maximum absolute atomic E-state index is 12.7. The maximum atomic E-state index is 12.7. The second kappa shape index (κ2) is 9.61. The fourth-order valence-electron chi connectivity index (χ4n) is 5.37. The highest BCUT2D eigenvalue weighted by Crippen LogP contribution is 2.24. The van der Waals surface area contributed by atoms with E-state index in [0.717, 1.165) is 75.6 Å². The van der Waals surface area contributed by atoms with Gasteiger partial charge in [-0.1, -0.05) is 29.5 Å². The molecule has 3 aromatic rings. The molecule has 0 spiro atoms. The molecule has 1 aliphatic carbocycles. The molecule has 0 bridgehead atoms. The lowest BCUT2D eigenvalue weighted by Gasteiger charge is -2.36. The summed E-state index contributed by atoms with van der Waals surface area (Å²) >= 11 is 0. The van der Waals surface area contributed by atoms with Crippen molar-refractivity contribution in [1.82, 2.24) is 35.2 Å². The molecule has 10 nitrogen and oxygen atoms in total. The van der Waals surface area contributed by atoms with Gasteiger partial charge in [-0.3, -0.25) is 14.8 Å². The van der Waals surface area contributed by atoms with Crippen LogP contribution in [-0.4, -0.2) is 86.4 Å². The molecule has 2 aliphatic heterocycles. The number of fused-ring (bicyclic) bond motifs is 2. The zero-order valence-electron chi connectivity index (χ0n) is 19.9. The molecule has 0 saturated carbocycles. The molecule has 182 valence electrons.